The van der Waals surface area contributed by atoms with Crippen LogP contribution in [-0.2, 0) is 6.18 Å². The van der Waals surface area contributed by atoms with Crippen LogP contribution < -0.4 is 25.6 Å². The first-order chi connectivity index (χ1) is 19.8. The first-order valence-electron chi connectivity index (χ1n) is 14.0. The van der Waals surface area contributed by atoms with E-state index >= 15 is 4.39 Å². The summed E-state index contributed by atoms with van der Waals surface area (Å²) in [6, 6.07) is 1.16. The fourth-order valence-electron chi connectivity index (χ4n) is 6.94. The van der Waals surface area contributed by atoms with Gasteiger partial charge in [0.05, 0.1) is 17.3 Å². The van der Waals surface area contributed by atoms with Crippen LogP contribution in [0.25, 0.3) is 22.2 Å². The molecule has 1 aromatic carbocycles. The minimum absolute atomic E-state index is 0.0656. The molecule has 3 aromatic rings. The molecule has 0 aliphatic carbocycles. The quantitative estimate of drug-likeness (QED) is 0.350. The van der Waals surface area contributed by atoms with Crippen molar-refractivity contribution in [2.75, 3.05) is 49.3 Å². The van der Waals surface area contributed by atoms with Crippen molar-refractivity contribution in [3.8, 4) is 17.1 Å². The van der Waals surface area contributed by atoms with Crippen LogP contribution in [0, 0.1) is 18.6 Å². The van der Waals surface area contributed by atoms with Crippen molar-refractivity contribution in [1.29, 1.82) is 0 Å². The van der Waals surface area contributed by atoms with Crippen LogP contribution in [0.2, 0.25) is 0 Å². The largest absolute Gasteiger partial charge is 0.472 e. The fourth-order valence-corrected chi connectivity index (χ4v) is 6.94. The summed E-state index contributed by atoms with van der Waals surface area (Å²) in [6.07, 6.45) is -3.57. The summed E-state index contributed by atoms with van der Waals surface area (Å²) in [5, 5.41) is 3.83. The van der Waals surface area contributed by atoms with E-state index in [1.54, 1.807) is 0 Å². The second-order valence-electron chi connectivity index (χ2n) is 12.0. The number of piperazine rings is 1. The molecule has 0 amide bonds. The molecule has 42 heavy (non-hydrogen) atoms. The number of nitrogens with one attached hydrogen (secondary N) is 1. The number of aromatic nitrogens is 3. The van der Waals surface area contributed by atoms with Crippen molar-refractivity contribution in [1.82, 2.24) is 25.2 Å². The van der Waals surface area contributed by atoms with Crippen LogP contribution >= 0.6 is 0 Å². The molecule has 0 saturated carbocycles. The Kier molecular flexibility index (Phi) is 6.01. The van der Waals surface area contributed by atoms with Gasteiger partial charge in [0.1, 0.15) is 34.3 Å². The SMILES string of the molecule is Cc1c(F)c(N)cc(-c2nc3c4c(nc(N5CC(N(C)C)C5)nc4c2F)N2C[C@H]4CC[C@H](N4)[C@H]2[C@H](C)O3)c1C(F)(F)F. The smallest absolute Gasteiger partial charge is 0.417 e. The van der Waals surface area contributed by atoms with Crippen molar-refractivity contribution in [2.24, 2.45) is 0 Å². The molecule has 0 unspecified atom stereocenters. The predicted octanol–water partition coefficient (Wildman–Crippen LogP) is 3.72. The molecule has 9 nitrogen and oxygen atoms in total. The zero-order chi connectivity index (χ0) is 29.8. The minimum atomic E-state index is -5.01. The zero-order valence-electron chi connectivity index (χ0n) is 23.6. The van der Waals surface area contributed by atoms with Gasteiger partial charge in [-0.1, -0.05) is 0 Å². The molecule has 4 aliphatic rings. The second kappa shape index (κ2) is 9.24. The number of nitrogens with zero attached hydrogens (tertiary/aromatic N) is 6. The van der Waals surface area contributed by atoms with E-state index in [1.807, 2.05) is 25.9 Å². The number of hydrogen-bond acceptors (Lipinski definition) is 9. The van der Waals surface area contributed by atoms with E-state index in [0.717, 1.165) is 25.8 Å². The van der Waals surface area contributed by atoms with Crippen molar-refractivity contribution < 1.29 is 26.7 Å². The van der Waals surface area contributed by atoms with E-state index in [-0.39, 0.29) is 46.9 Å². The molecule has 6 heterocycles. The number of nitrogen functional groups attached to an aromatic ring is 1. The van der Waals surface area contributed by atoms with E-state index in [1.165, 1.54) is 0 Å². The predicted molar refractivity (Wildman–Crippen MR) is 148 cm³/mol. The fraction of sp³-hybridized carbons (Fsp3) is 0.536. The molecule has 3 saturated heterocycles. The first-order valence-corrected chi connectivity index (χ1v) is 14.0. The highest BCUT2D eigenvalue weighted by atomic mass is 19.4. The lowest BCUT2D eigenvalue weighted by Crippen LogP contribution is -2.62. The maximum absolute atomic E-state index is 16.6. The van der Waals surface area contributed by atoms with Crippen LogP contribution in [0.3, 0.4) is 0 Å². The Balaban J connectivity index is 1.50. The maximum atomic E-state index is 16.6. The third-order valence-corrected chi connectivity index (χ3v) is 9.18. The summed E-state index contributed by atoms with van der Waals surface area (Å²) in [6.45, 7) is 4.66. The van der Waals surface area contributed by atoms with Gasteiger partial charge in [-0.25, -0.2) is 18.7 Å². The van der Waals surface area contributed by atoms with Crippen molar-refractivity contribution in [3.05, 3.63) is 28.8 Å². The number of ether oxygens (including phenoxy) is 1. The van der Waals surface area contributed by atoms with Gasteiger partial charge in [0.15, 0.2) is 5.82 Å². The minimum Gasteiger partial charge on any atom is -0.472 e. The highest BCUT2D eigenvalue weighted by molar-refractivity contribution is 5.98. The highest BCUT2D eigenvalue weighted by Crippen LogP contribution is 2.47. The number of likely N-dealkylation sites (N-methyl/N-ethyl adjacent to an activating group) is 1. The van der Waals surface area contributed by atoms with Crippen molar-refractivity contribution >= 4 is 28.4 Å². The number of rotatable bonds is 3. The van der Waals surface area contributed by atoms with Crippen molar-refractivity contribution in [3.63, 3.8) is 0 Å². The van der Waals surface area contributed by atoms with E-state index in [9.17, 15) is 17.6 Å². The standard InChI is InChI=1S/C28H31F5N8O/c1-11-19(28(31,32)33)15(7-16(34)20(11)29)22-21(30)23-18-25(38-27(37-23)40-9-14(10-40)39(3)4)41-8-13-5-6-17(35-13)24(41)12(2)42-26(18)36-22/h7,12-14,17,24,35H,5-6,8-10,34H2,1-4H3/t12-,13+,17-,24+/m0/s1. The lowest BCUT2D eigenvalue weighted by Gasteiger charge is -2.44. The average Bonchev–Trinajstić information content (AvgIpc) is 3.20. The zero-order valence-corrected chi connectivity index (χ0v) is 23.6. The number of nitrogens with two attached hydrogens (primary N) is 1. The Morgan fingerprint density at radius 3 is 2.50 bits per heavy atom. The third kappa shape index (κ3) is 3.98. The Hall–Kier alpha value is -3.52. The van der Waals surface area contributed by atoms with Gasteiger partial charge in [0.25, 0.3) is 0 Å². The number of hydrogen-bond donors (Lipinski definition) is 2. The average molecular weight is 591 g/mol. The Labute approximate surface area is 238 Å². The Bertz CT molecular complexity index is 1610. The van der Waals surface area contributed by atoms with Crippen molar-refractivity contribution in [2.45, 2.75) is 63.1 Å². The summed E-state index contributed by atoms with van der Waals surface area (Å²) >= 11 is 0. The monoisotopic (exact) mass is 590 g/mol. The number of alkyl halides is 3. The summed E-state index contributed by atoms with van der Waals surface area (Å²) < 4.78 is 80.5. The van der Waals surface area contributed by atoms with Crippen LogP contribution in [-0.4, -0.2) is 83.9 Å². The van der Waals surface area contributed by atoms with Gasteiger partial charge in [0, 0.05) is 43.3 Å². The molecule has 3 N–H and O–H groups in total. The summed E-state index contributed by atoms with van der Waals surface area (Å²) in [5.74, 6) is -1.62. The Morgan fingerprint density at radius 2 is 1.81 bits per heavy atom. The van der Waals surface area contributed by atoms with Gasteiger partial charge in [-0.15, -0.1) is 0 Å². The normalized spacial score (nSPS) is 25.5. The number of benzene rings is 1. The molecule has 0 spiro atoms. The van der Waals surface area contributed by atoms with E-state index in [4.69, 9.17) is 15.5 Å². The molecular formula is C28H31F5N8O. The first kappa shape index (κ1) is 27.3. The summed E-state index contributed by atoms with van der Waals surface area (Å²) in [7, 11) is 3.94. The molecule has 4 aliphatic heterocycles. The molecular weight excluding hydrogens is 559 g/mol. The lowest BCUT2D eigenvalue weighted by molar-refractivity contribution is -0.137. The molecule has 2 bridgehead atoms. The molecule has 14 heteroatoms. The van der Waals surface area contributed by atoms with Crippen LogP contribution in [0.5, 0.6) is 5.88 Å². The number of fused-ring (bicyclic) bond motifs is 5. The third-order valence-electron chi connectivity index (χ3n) is 9.18. The van der Waals surface area contributed by atoms with Crippen LogP contribution in [0.15, 0.2) is 6.07 Å². The summed E-state index contributed by atoms with van der Waals surface area (Å²) in [4.78, 5) is 19.9. The van der Waals surface area contributed by atoms with Gasteiger partial charge in [-0.2, -0.15) is 18.2 Å². The molecule has 2 aromatic heterocycles. The van der Waals surface area contributed by atoms with E-state index in [2.05, 4.69) is 25.1 Å². The molecule has 7 rings (SSSR count). The van der Waals surface area contributed by atoms with Crippen LogP contribution in [0.4, 0.5) is 39.4 Å². The van der Waals surface area contributed by atoms with Gasteiger partial charge in [-0.3, -0.25) is 0 Å². The van der Waals surface area contributed by atoms with Gasteiger partial charge >= 0.3 is 6.18 Å². The maximum Gasteiger partial charge on any atom is 0.417 e. The number of pyridine rings is 1. The molecule has 4 atom stereocenters. The van der Waals surface area contributed by atoms with E-state index in [0.29, 0.717) is 25.5 Å². The molecule has 3 fully saturated rings. The lowest BCUT2D eigenvalue weighted by atomic mass is 9.96. The van der Waals surface area contributed by atoms with Gasteiger partial charge in [0.2, 0.25) is 11.8 Å². The number of anilines is 3. The topological polar surface area (TPSA) is 95.7 Å². The molecule has 224 valence electrons. The molecule has 0 radical (unpaired) electrons. The Morgan fingerprint density at radius 1 is 1.07 bits per heavy atom. The summed E-state index contributed by atoms with van der Waals surface area (Å²) in [5.41, 5.74) is 1.59. The highest BCUT2D eigenvalue weighted by Gasteiger charge is 2.48. The van der Waals surface area contributed by atoms with Gasteiger partial charge in [-0.05, 0) is 52.4 Å². The van der Waals surface area contributed by atoms with E-state index < -0.39 is 52.0 Å². The van der Waals surface area contributed by atoms with Gasteiger partial charge < -0.3 is 30.5 Å². The van der Waals surface area contributed by atoms with Crippen LogP contribution in [0.1, 0.15) is 30.9 Å². The second-order valence-corrected chi connectivity index (χ2v) is 12.0. The number of halogens is 5.